The Kier molecular flexibility index (Phi) is 9.85. The third kappa shape index (κ3) is 8.48. The number of aryl methyl sites for hydroxylation is 2. The van der Waals surface area contributed by atoms with Crippen molar-refractivity contribution in [2.24, 2.45) is 11.7 Å². The van der Waals surface area contributed by atoms with Crippen LogP contribution in [0, 0.1) is 5.92 Å². The van der Waals surface area contributed by atoms with E-state index in [0.717, 1.165) is 50.5 Å². The molecule has 33 heavy (non-hydrogen) atoms. The van der Waals surface area contributed by atoms with E-state index in [1.807, 2.05) is 12.1 Å². The molecule has 4 heteroatoms. The molecule has 0 saturated carbocycles. The van der Waals surface area contributed by atoms with E-state index in [2.05, 4.69) is 80.0 Å². The van der Waals surface area contributed by atoms with E-state index in [4.69, 9.17) is 17.3 Å². The van der Waals surface area contributed by atoms with Gasteiger partial charge in [-0.15, -0.1) is 0 Å². The van der Waals surface area contributed by atoms with Crippen molar-refractivity contribution in [3.8, 4) is 0 Å². The van der Waals surface area contributed by atoms with Crippen molar-refractivity contribution in [3.05, 3.63) is 76.3 Å². The molecule has 180 valence electrons. The molecular weight excluding hydrogens is 426 g/mol. The van der Waals surface area contributed by atoms with Gasteiger partial charge >= 0.3 is 0 Å². The average Bonchev–Trinajstić information content (AvgIpc) is 3.21. The number of likely N-dealkylation sites (tertiary alicyclic amines) is 1. The van der Waals surface area contributed by atoms with Gasteiger partial charge in [0.15, 0.2) is 0 Å². The first kappa shape index (κ1) is 25.8. The van der Waals surface area contributed by atoms with E-state index < -0.39 is 0 Å². The summed E-state index contributed by atoms with van der Waals surface area (Å²) < 4.78 is 0. The lowest BCUT2D eigenvalue weighted by molar-refractivity contribution is 0.292. The van der Waals surface area contributed by atoms with Crippen molar-refractivity contribution in [1.82, 2.24) is 4.90 Å². The summed E-state index contributed by atoms with van der Waals surface area (Å²) >= 11 is 6.01. The van der Waals surface area contributed by atoms with E-state index in [0.29, 0.717) is 12.0 Å². The van der Waals surface area contributed by atoms with Crippen molar-refractivity contribution in [2.75, 3.05) is 31.1 Å². The van der Waals surface area contributed by atoms with Crippen LogP contribution in [-0.4, -0.2) is 43.2 Å². The van der Waals surface area contributed by atoms with E-state index in [1.165, 1.54) is 28.8 Å². The van der Waals surface area contributed by atoms with E-state index >= 15 is 0 Å². The van der Waals surface area contributed by atoms with Crippen molar-refractivity contribution >= 4 is 17.3 Å². The van der Waals surface area contributed by atoms with Crippen molar-refractivity contribution in [3.63, 3.8) is 0 Å². The summed E-state index contributed by atoms with van der Waals surface area (Å²) in [7, 11) is 0. The van der Waals surface area contributed by atoms with Gasteiger partial charge in [-0.05, 0) is 80.8 Å². The van der Waals surface area contributed by atoms with Crippen LogP contribution >= 0.6 is 11.6 Å². The van der Waals surface area contributed by atoms with Crippen molar-refractivity contribution in [2.45, 2.75) is 65.5 Å². The topological polar surface area (TPSA) is 32.5 Å². The molecule has 0 radical (unpaired) electrons. The molecule has 1 fully saturated rings. The normalized spacial score (nSPS) is 17.4. The summed E-state index contributed by atoms with van der Waals surface area (Å²) in [6.07, 6.45) is 6.72. The first-order valence-corrected chi connectivity index (χ1v) is 12.9. The van der Waals surface area contributed by atoms with E-state index in [9.17, 15) is 0 Å². The third-order valence-electron chi connectivity index (χ3n) is 6.53. The van der Waals surface area contributed by atoms with Crippen molar-refractivity contribution < 1.29 is 0 Å². The molecule has 2 N–H and O–H groups in total. The van der Waals surface area contributed by atoms with Gasteiger partial charge < -0.3 is 10.6 Å². The van der Waals surface area contributed by atoms with E-state index in [-0.39, 0.29) is 6.04 Å². The molecule has 0 aromatic heterocycles. The fraction of sp³-hybridized carbons (Fsp3) is 0.517. The van der Waals surface area contributed by atoms with Gasteiger partial charge in [0, 0.05) is 49.0 Å². The highest BCUT2D eigenvalue weighted by atomic mass is 35.5. The van der Waals surface area contributed by atoms with Gasteiger partial charge in [-0.25, -0.2) is 0 Å². The minimum atomic E-state index is 0.273. The molecule has 0 bridgehead atoms. The lowest BCUT2D eigenvalue weighted by Gasteiger charge is -2.31. The monoisotopic (exact) mass is 467 g/mol. The van der Waals surface area contributed by atoms with Gasteiger partial charge in [-0.1, -0.05) is 61.4 Å². The summed E-state index contributed by atoms with van der Waals surface area (Å²) in [5.41, 5.74) is 11.8. The Bertz CT molecular complexity index is 869. The van der Waals surface area contributed by atoms with Crippen LogP contribution in [0.1, 0.15) is 51.7 Å². The molecule has 0 spiro atoms. The standard InChI is InChI=1S/C29H42ClN3/c1-22(2)15-18-33(29-16-17-32(21-29)20-27(31)19-23(3)4)28-13-9-25(10-14-28)6-5-24-7-11-26(30)12-8-24/h7-15,23,27,29H,5-6,16-21,31H2,1-4H3/t27?,29-/m0/s1. The van der Waals surface area contributed by atoms with Gasteiger partial charge in [0.1, 0.15) is 0 Å². The zero-order valence-corrected chi connectivity index (χ0v) is 21.7. The summed E-state index contributed by atoms with van der Waals surface area (Å²) in [5.74, 6) is 0.658. The predicted octanol–water partition coefficient (Wildman–Crippen LogP) is 6.35. The number of nitrogens with two attached hydrogens (primary N) is 1. The Morgan fingerprint density at radius 3 is 2.24 bits per heavy atom. The van der Waals surface area contributed by atoms with Crippen LogP contribution in [0.2, 0.25) is 5.02 Å². The summed E-state index contributed by atoms with van der Waals surface area (Å²) in [4.78, 5) is 5.15. The lowest BCUT2D eigenvalue weighted by Crippen LogP contribution is -2.41. The molecule has 0 amide bonds. The Balaban J connectivity index is 1.62. The molecular formula is C29H42ClN3. The summed E-state index contributed by atoms with van der Waals surface area (Å²) in [6.45, 7) is 13.1. The summed E-state index contributed by atoms with van der Waals surface area (Å²) in [6, 6.07) is 18.2. The second-order valence-electron chi connectivity index (χ2n) is 10.3. The second kappa shape index (κ2) is 12.6. The molecule has 1 heterocycles. The minimum Gasteiger partial charge on any atom is -0.363 e. The Hall–Kier alpha value is -1.81. The van der Waals surface area contributed by atoms with Gasteiger partial charge in [0.05, 0.1) is 0 Å². The zero-order valence-electron chi connectivity index (χ0n) is 20.9. The van der Waals surface area contributed by atoms with Gasteiger partial charge in [-0.3, -0.25) is 4.90 Å². The number of rotatable bonds is 11. The molecule has 2 atom stereocenters. The molecule has 2 aromatic rings. The van der Waals surface area contributed by atoms with Gasteiger partial charge in [0.2, 0.25) is 0 Å². The number of anilines is 1. The Morgan fingerprint density at radius 2 is 1.67 bits per heavy atom. The van der Waals surface area contributed by atoms with Crippen LogP contribution in [-0.2, 0) is 12.8 Å². The number of benzene rings is 2. The first-order chi connectivity index (χ1) is 15.8. The SMILES string of the molecule is CC(C)=CCN(c1ccc(CCc2ccc(Cl)cc2)cc1)[C@H]1CCN(CC(N)CC(C)C)C1. The minimum absolute atomic E-state index is 0.273. The molecule has 3 nitrogen and oxygen atoms in total. The van der Waals surface area contributed by atoms with Crippen LogP contribution in [0.25, 0.3) is 0 Å². The van der Waals surface area contributed by atoms with Crippen LogP contribution < -0.4 is 10.6 Å². The number of hydrogen-bond acceptors (Lipinski definition) is 3. The maximum absolute atomic E-state index is 6.41. The molecule has 1 unspecified atom stereocenters. The highest BCUT2D eigenvalue weighted by Crippen LogP contribution is 2.25. The number of hydrogen-bond donors (Lipinski definition) is 1. The zero-order chi connectivity index (χ0) is 23.8. The van der Waals surface area contributed by atoms with Crippen LogP contribution in [0.5, 0.6) is 0 Å². The maximum atomic E-state index is 6.41. The molecule has 3 rings (SSSR count). The smallest absolute Gasteiger partial charge is 0.0432 e. The molecule has 1 aliphatic rings. The highest BCUT2D eigenvalue weighted by molar-refractivity contribution is 6.30. The van der Waals surface area contributed by atoms with Gasteiger partial charge in [-0.2, -0.15) is 0 Å². The molecule has 0 aliphatic carbocycles. The Labute approximate surface area is 206 Å². The summed E-state index contributed by atoms with van der Waals surface area (Å²) in [5, 5.41) is 0.798. The Morgan fingerprint density at radius 1 is 1.06 bits per heavy atom. The molecule has 1 aliphatic heterocycles. The second-order valence-corrected chi connectivity index (χ2v) is 10.8. The third-order valence-corrected chi connectivity index (χ3v) is 6.79. The van der Waals surface area contributed by atoms with Gasteiger partial charge in [0.25, 0.3) is 0 Å². The molecule has 2 aromatic carbocycles. The average molecular weight is 468 g/mol. The number of halogens is 1. The highest BCUT2D eigenvalue weighted by Gasteiger charge is 2.28. The predicted molar refractivity (Wildman–Crippen MR) is 144 cm³/mol. The van der Waals surface area contributed by atoms with Crippen LogP contribution in [0.4, 0.5) is 5.69 Å². The fourth-order valence-corrected chi connectivity index (χ4v) is 4.91. The number of allylic oxidation sites excluding steroid dienone is 1. The first-order valence-electron chi connectivity index (χ1n) is 12.5. The quantitative estimate of drug-likeness (QED) is 0.391. The lowest BCUT2D eigenvalue weighted by atomic mass is 10.0. The maximum Gasteiger partial charge on any atom is 0.0432 e. The van der Waals surface area contributed by atoms with Crippen LogP contribution in [0.15, 0.2) is 60.2 Å². The van der Waals surface area contributed by atoms with Crippen LogP contribution in [0.3, 0.4) is 0 Å². The molecule has 1 saturated heterocycles. The van der Waals surface area contributed by atoms with Crippen molar-refractivity contribution in [1.29, 1.82) is 0 Å². The number of nitrogens with zero attached hydrogens (tertiary/aromatic N) is 2. The largest absolute Gasteiger partial charge is 0.363 e. The van der Waals surface area contributed by atoms with E-state index in [1.54, 1.807) is 0 Å². The fourth-order valence-electron chi connectivity index (χ4n) is 4.78.